The van der Waals surface area contributed by atoms with Crippen LogP contribution >= 0.6 is 0 Å². The Hall–Kier alpha value is -1.55. The molecule has 22 heavy (non-hydrogen) atoms. The Balaban J connectivity index is 1.58. The van der Waals surface area contributed by atoms with Crippen LogP contribution in [0, 0.1) is 12.8 Å². The first-order chi connectivity index (χ1) is 10.7. The van der Waals surface area contributed by atoms with E-state index in [0.29, 0.717) is 12.3 Å². The van der Waals surface area contributed by atoms with E-state index in [1.165, 1.54) is 24.0 Å². The van der Waals surface area contributed by atoms with E-state index >= 15 is 0 Å². The molecule has 1 saturated carbocycles. The van der Waals surface area contributed by atoms with Crippen LogP contribution in [0.3, 0.4) is 0 Å². The van der Waals surface area contributed by atoms with E-state index < -0.39 is 0 Å². The predicted molar refractivity (Wildman–Crippen MR) is 86.9 cm³/mol. The molecule has 0 atom stereocenters. The number of carbonyl (C=O) groups excluding carboxylic acids is 1. The van der Waals surface area contributed by atoms with Gasteiger partial charge in [0.2, 0.25) is 5.91 Å². The van der Waals surface area contributed by atoms with Gasteiger partial charge in [-0.2, -0.15) is 0 Å². The summed E-state index contributed by atoms with van der Waals surface area (Å²) in [5, 5.41) is 0. The fourth-order valence-electron chi connectivity index (χ4n) is 3.17. The van der Waals surface area contributed by atoms with E-state index in [2.05, 4.69) is 28.9 Å². The zero-order valence-corrected chi connectivity index (χ0v) is 13.7. The van der Waals surface area contributed by atoms with Crippen molar-refractivity contribution in [2.45, 2.75) is 32.7 Å². The van der Waals surface area contributed by atoms with E-state index in [9.17, 15) is 4.79 Å². The number of benzene rings is 1. The van der Waals surface area contributed by atoms with Gasteiger partial charge in [-0.05, 0) is 42.9 Å². The van der Waals surface area contributed by atoms with Gasteiger partial charge in [0.15, 0.2) is 0 Å². The van der Waals surface area contributed by atoms with Crippen LogP contribution in [0.4, 0.5) is 0 Å². The number of carbonyl (C=O) groups is 1. The van der Waals surface area contributed by atoms with Crippen molar-refractivity contribution in [1.82, 2.24) is 9.80 Å². The third-order valence-electron chi connectivity index (χ3n) is 4.72. The van der Waals surface area contributed by atoms with Crippen LogP contribution in [0.1, 0.15) is 30.4 Å². The lowest BCUT2D eigenvalue weighted by Gasteiger charge is -2.22. The summed E-state index contributed by atoms with van der Waals surface area (Å²) in [6, 6.07) is 6.35. The molecule has 0 radical (unpaired) electrons. The topological polar surface area (TPSA) is 32.8 Å². The highest BCUT2D eigenvalue weighted by Crippen LogP contribution is 2.30. The first kappa shape index (κ1) is 15.3. The minimum atomic E-state index is 0.334. The van der Waals surface area contributed by atoms with E-state index in [4.69, 9.17) is 4.74 Å². The first-order valence-electron chi connectivity index (χ1n) is 8.29. The second-order valence-corrected chi connectivity index (χ2v) is 6.61. The van der Waals surface area contributed by atoms with Crippen molar-refractivity contribution >= 4 is 5.91 Å². The third-order valence-corrected chi connectivity index (χ3v) is 4.72. The summed E-state index contributed by atoms with van der Waals surface area (Å²) in [5.41, 5.74) is 2.46. The standard InChI is InChI=1S/C18H26N2O2/c1-14-11-16(5-6-17(14)22-2)12-19-8-7-18(21)20(10-9-19)13-15-3-4-15/h5-6,11,15H,3-4,7-10,12-13H2,1-2H3. The molecule has 120 valence electrons. The van der Waals surface area contributed by atoms with Crippen LogP contribution in [-0.4, -0.2) is 49.0 Å². The Morgan fingerprint density at radius 1 is 1.23 bits per heavy atom. The van der Waals surface area contributed by atoms with Crippen LogP contribution in [0.2, 0.25) is 0 Å². The Kier molecular flexibility index (Phi) is 4.67. The lowest BCUT2D eigenvalue weighted by atomic mass is 10.1. The molecule has 3 rings (SSSR count). The number of ether oxygens (including phenoxy) is 1. The molecule has 4 nitrogen and oxygen atoms in total. The third kappa shape index (κ3) is 3.80. The maximum absolute atomic E-state index is 12.2. The van der Waals surface area contributed by atoms with Crippen molar-refractivity contribution < 1.29 is 9.53 Å². The largest absolute Gasteiger partial charge is 0.496 e. The molecular formula is C18H26N2O2. The normalized spacial score (nSPS) is 20.1. The van der Waals surface area contributed by atoms with E-state index in [1.54, 1.807) is 7.11 Å². The highest BCUT2D eigenvalue weighted by Gasteiger charge is 2.28. The predicted octanol–water partition coefficient (Wildman–Crippen LogP) is 2.45. The molecule has 1 aromatic rings. The summed E-state index contributed by atoms with van der Waals surface area (Å²) in [7, 11) is 1.71. The molecule has 1 aromatic carbocycles. The van der Waals surface area contributed by atoms with Crippen molar-refractivity contribution in [3.05, 3.63) is 29.3 Å². The Bertz CT molecular complexity index is 540. The van der Waals surface area contributed by atoms with E-state index in [-0.39, 0.29) is 0 Å². The fourth-order valence-corrected chi connectivity index (χ4v) is 3.17. The van der Waals surface area contributed by atoms with Gasteiger partial charge in [-0.1, -0.05) is 12.1 Å². The molecular weight excluding hydrogens is 276 g/mol. The summed E-state index contributed by atoms with van der Waals surface area (Å²) in [5.74, 6) is 2.05. The van der Waals surface area contributed by atoms with Crippen molar-refractivity contribution in [3.8, 4) is 5.75 Å². The van der Waals surface area contributed by atoms with Crippen molar-refractivity contribution in [1.29, 1.82) is 0 Å². The summed E-state index contributed by atoms with van der Waals surface area (Å²) in [6.45, 7) is 6.69. The number of amides is 1. The summed E-state index contributed by atoms with van der Waals surface area (Å²) in [6.07, 6.45) is 3.26. The van der Waals surface area contributed by atoms with Crippen LogP contribution in [0.25, 0.3) is 0 Å². The lowest BCUT2D eigenvalue weighted by molar-refractivity contribution is -0.130. The minimum Gasteiger partial charge on any atom is -0.496 e. The maximum Gasteiger partial charge on any atom is 0.223 e. The molecule has 0 N–H and O–H groups in total. The Labute approximate surface area is 133 Å². The van der Waals surface area contributed by atoms with Crippen LogP contribution in [0.15, 0.2) is 18.2 Å². The average molecular weight is 302 g/mol. The van der Waals surface area contributed by atoms with Gasteiger partial charge in [0, 0.05) is 39.1 Å². The number of methoxy groups -OCH3 is 1. The summed E-state index contributed by atoms with van der Waals surface area (Å²) < 4.78 is 5.32. The van der Waals surface area contributed by atoms with Gasteiger partial charge in [0.05, 0.1) is 7.11 Å². The van der Waals surface area contributed by atoms with Crippen molar-refractivity contribution in [2.75, 3.05) is 33.3 Å². The Morgan fingerprint density at radius 3 is 2.73 bits per heavy atom. The molecule has 0 bridgehead atoms. The number of nitrogens with zero attached hydrogens (tertiary/aromatic N) is 2. The van der Waals surface area contributed by atoms with Gasteiger partial charge in [0.25, 0.3) is 0 Å². The average Bonchev–Trinajstić information content (AvgIpc) is 3.33. The van der Waals surface area contributed by atoms with Crippen LogP contribution in [0.5, 0.6) is 5.75 Å². The molecule has 1 saturated heterocycles. The van der Waals surface area contributed by atoms with E-state index in [0.717, 1.165) is 44.4 Å². The van der Waals surface area contributed by atoms with Gasteiger partial charge < -0.3 is 9.64 Å². The molecule has 1 amide bonds. The van der Waals surface area contributed by atoms with Gasteiger partial charge in [-0.25, -0.2) is 0 Å². The maximum atomic E-state index is 12.2. The number of aryl methyl sites for hydroxylation is 1. The Morgan fingerprint density at radius 2 is 2.05 bits per heavy atom. The second-order valence-electron chi connectivity index (χ2n) is 6.61. The quantitative estimate of drug-likeness (QED) is 0.837. The molecule has 1 aliphatic carbocycles. The highest BCUT2D eigenvalue weighted by atomic mass is 16.5. The van der Waals surface area contributed by atoms with Gasteiger partial charge in [0.1, 0.15) is 5.75 Å². The molecule has 1 heterocycles. The summed E-state index contributed by atoms with van der Waals surface area (Å²) >= 11 is 0. The first-order valence-corrected chi connectivity index (χ1v) is 8.29. The molecule has 0 spiro atoms. The van der Waals surface area contributed by atoms with Crippen LogP contribution in [-0.2, 0) is 11.3 Å². The molecule has 1 aliphatic heterocycles. The van der Waals surface area contributed by atoms with Crippen molar-refractivity contribution in [2.24, 2.45) is 5.92 Å². The molecule has 0 aromatic heterocycles. The lowest BCUT2D eigenvalue weighted by Crippen LogP contribution is -2.34. The molecule has 4 heteroatoms. The zero-order chi connectivity index (χ0) is 15.5. The van der Waals surface area contributed by atoms with Gasteiger partial charge in [-0.15, -0.1) is 0 Å². The number of hydrogen-bond acceptors (Lipinski definition) is 3. The van der Waals surface area contributed by atoms with Gasteiger partial charge >= 0.3 is 0 Å². The second kappa shape index (κ2) is 6.69. The van der Waals surface area contributed by atoms with Gasteiger partial charge in [-0.3, -0.25) is 9.69 Å². The fraction of sp³-hybridized carbons (Fsp3) is 0.611. The summed E-state index contributed by atoms with van der Waals surface area (Å²) in [4.78, 5) is 16.7. The van der Waals surface area contributed by atoms with E-state index in [1.807, 2.05) is 6.07 Å². The minimum absolute atomic E-state index is 0.334. The van der Waals surface area contributed by atoms with Crippen molar-refractivity contribution in [3.63, 3.8) is 0 Å². The SMILES string of the molecule is COc1ccc(CN2CCC(=O)N(CC3CC3)CC2)cc1C. The molecule has 2 aliphatic rings. The molecule has 2 fully saturated rings. The smallest absolute Gasteiger partial charge is 0.223 e. The molecule has 0 unspecified atom stereocenters. The zero-order valence-electron chi connectivity index (χ0n) is 13.7. The number of rotatable bonds is 5. The number of hydrogen-bond donors (Lipinski definition) is 0. The monoisotopic (exact) mass is 302 g/mol. The van der Waals surface area contributed by atoms with Crippen LogP contribution < -0.4 is 4.74 Å². The highest BCUT2D eigenvalue weighted by molar-refractivity contribution is 5.76.